The number of thioether (sulfide) groups is 1. The molecule has 0 saturated heterocycles. The minimum absolute atomic E-state index is 0. The Hall–Kier alpha value is -1.26. The van der Waals surface area contributed by atoms with Crippen LogP contribution in [0.2, 0.25) is 0 Å². The Morgan fingerprint density at radius 1 is 1.02 bits per heavy atom. The molecule has 44 heavy (non-hydrogen) atoms. The zero-order valence-corrected chi connectivity index (χ0v) is 30.9. The van der Waals surface area contributed by atoms with Crippen LogP contribution in [0.4, 0.5) is 5.69 Å². The average Bonchev–Trinajstić information content (AvgIpc) is 3.44. The van der Waals surface area contributed by atoms with Crippen LogP contribution in [0.25, 0.3) is 12.2 Å². The molecule has 3 aliphatic rings. The van der Waals surface area contributed by atoms with E-state index in [-0.39, 0.29) is 76.1 Å². The summed E-state index contributed by atoms with van der Waals surface area (Å²) in [6, 6.07) is 4.21. The summed E-state index contributed by atoms with van der Waals surface area (Å²) in [7, 11) is -8.68. The fourth-order valence-corrected chi connectivity index (χ4v) is 7.82. The molecule has 5 rings (SSSR count). The third-order valence-corrected chi connectivity index (χ3v) is 10.6. The van der Waals surface area contributed by atoms with Gasteiger partial charge in [0, 0.05) is 35.3 Å². The summed E-state index contributed by atoms with van der Waals surface area (Å²) in [4.78, 5) is 3.12. The molecular formula is C31H35KN2O7S3. The van der Waals surface area contributed by atoms with Crippen LogP contribution in [0.1, 0.15) is 60.6 Å². The summed E-state index contributed by atoms with van der Waals surface area (Å²) in [5.74, 6) is 0.549. The third kappa shape index (κ3) is 8.55. The number of aryl methyl sites for hydroxylation is 2. The van der Waals surface area contributed by atoms with Gasteiger partial charge in [0.1, 0.15) is 0 Å². The van der Waals surface area contributed by atoms with Gasteiger partial charge in [-0.2, -0.15) is 4.57 Å². The minimum Gasteiger partial charge on any atom is -0.748 e. The molecule has 0 fully saturated rings. The summed E-state index contributed by atoms with van der Waals surface area (Å²) in [6.45, 7) is 6.79. The molecule has 2 atom stereocenters. The molecule has 2 aromatic rings. The number of hydrogen-bond acceptors (Lipinski definition) is 9. The van der Waals surface area contributed by atoms with Crippen LogP contribution in [0.15, 0.2) is 68.5 Å². The van der Waals surface area contributed by atoms with Crippen molar-refractivity contribution >= 4 is 49.8 Å². The maximum atomic E-state index is 11.4. The second-order valence-corrected chi connectivity index (χ2v) is 15.1. The number of rotatable bonds is 11. The van der Waals surface area contributed by atoms with Gasteiger partial charge in [0.05, 0.1) is 42.9 Å². The summed E-state index contributed by atoms with van der Waals surface area (Å²) in [5.41, 5.74) is 5.14. The van der Waals surface area contributed by atoms with Gasteiger partial charge in [0.15, 0.2) is 6.54 Å². The number of oxazole rings is 1. The van der Waals surface area contributed by atoms with E-state index < -0.39 is 31.7 Å². The molecule has 2 unspecified atom stereocenters. The van der Waals surface area contributed by atoms with E-state index in [9.17, 15) is 25.9 Å². The quantitative estimate of drug-likeness (QED) is 0.199. The first-order valence-electron chi connectivity index (χ1n) is 14.3. The van der Waals surface area contributed by atoms with Gasteiger partial charge in [-0.1, -0.05) is 49.1 Å². The van der Waals surface area contributed by atoms with Crippen LogP contribution in [-0.4, -0.2) is 44.0 Å². The second-order valence-electron chi connectivity index (χ2n) is 11.0. The number of benzene rings is 1. The summed E-state index contributed by atoms with van der Waals surface area (Å²) in [6.07, 6.45) is 17.3. The molecule has 230 valence electrons. The predicted octanol–water partition coefficient (Wildman–Crippen LogP) is 2.16. The number of hydrogen-bond donors (Lipinski definition) is 0. The molecule has 2 aliphatic carbocycles. The fourth-order valence-electron chi connectivity index (χ4n) is 5.61. The van der Waals surface area contributed by atoms with Crippen molar-refractivity contribution < 1.29 is 86.3 Å². The molecule has 1 aromatic heterocycles. The van der Waals surface area contributed by atoms with Crippen LogP contribution in [0.3, 0.4) is 0 Å². The monoisotopic (exact) mass is 682 g/mol. The van der Waals surface area contributed by atoms with Crippen molar-refractivity contribution in [2.45, 2.75) is 57.4 Å². The van der Waals surface area contributed by atoms with Crippen molar-refractivity contribution in [2.24, 2.45) is 5.92 Å². The van der Waals surface area contributed by atoms with Crippen molar-refractivity contribution in [3.63, 3.8) is 0 Å². The molecule has 0 spiro atoms. The van der Waals surface area contributed by atoms with Gasteiger partial charge in [-0.3, -0.25) is 0 Å². The standard InChI is InChI=1S/C31H36N2O7S3.K/c1-4-23(20-30-32(13-7-15-42(34,35)36)26-17-21(2)22(3)18-28(26)41-30)19-29-33(14-8-16-43(37,38)39)31-25-10-6-5-9-24(25)11-12-27(31)40-29;/h5-6,9-12,17-20,24-25H,4,7-8,13-16H2,1-3H3,(H-,34,35,36,37,38,39);/q;+1/p-1. The fraction of sp³-hybridized carbons (Fsp3) is 0.387. The van der Waals surface area contributed by atoms with Crippen LogP contribution in [-0.2, 0) is 26.8 Å². The van der Waals surface area contributed by atoms with Gasteiger partial charge in [-0.05, 0) is 67.7 Å². The van der Waals surface area contributed by atoms with Crippen molar-refractivity contribution in [2.75, 3.05) is 23.0 Å². The zero-order valence-electron chi connectivity index (χ0n) is 25.4. The van der Waals surface area contributed by atoms with E-state index in [2.05, 4.69) is 48.3 Å². The van der Waals surface area contributed by atoms with Gasteiger partial charge in [-0.15, -0.1) is 0 Å². The van der Waals surface area contributed by atoms with Gasteiger partial charge < -0.3 is 18.4 Å². The number of fused-ring (bicyclic) bond motifs is 4. The van der Waals surface area contributed by atoms with E-state index >= 15 is 0 Å². The molecule has 9 nitrogen and oxygen atoms in total. The first kappa shape index (κ1) is 35.6. The molecule has 0 bridgehead atoms. The minimum atomic E-state index is -4.36. The normalized spacial score (nSPS) is 20.1. The Bertz CT molecular complexity index is 1790. The first-order valence-corrected chi connectivity index (χ1v) is 18.3. The number of nitrogens with zero attached hydrogens (tertiary/aromatic N) is 2. The van der Waals surface area contributed by atoms with E-state index in [1.165, 1.54) is 0 Å². The molecule has 1 aromatic carbocycles. The van der Waals surface area contributed by atoms with Crippen molar-refractivity contribution in [3.05, 3.63) is 87.7 Å². The molecule has 2 heterocycles. The molecular weight excluding hydrogens is 648 g/mol. The molecule has 0 saturated carbocycles. The topological polar surface area (TPSA) is 135 Å². The molecule has 0 amide bonds. The van der Waals surface area contributed by atoms with Crippen LogP contribution in [0, 0.1) is 19.8 Å². The summed E-state index contributed by atoms with van der Waals surface area (Å²) >= 11 is 1.59. The van der Waals surface area contributed by atoms with Crippen LogP contribution < -0.4 is 60.9 Å². The Labute approximate surface area is 306 Å². The van der Waals surface area contributed by atoms with Gasteiger partial charge >= 0.3 is 57.3 Å². The zero-order chi connectivity index (χ0) is 30.9. The molecule has 1 aliphatic heterocycles. The Morgan fingerprint density at radius 2 is 1.70 bits per heavy atom. The van der Waals surface area contributed by atoms with E-state index in [4.69, 9.17) is 4.42 Å². The van der Waals surface area contributed by atoms with Gasteiger partial charge in [0.2, 0.25) is 11.5 Å². The maximum absolute atomic E-state index is 11.4. The van der Waals surface area contributed by atoms with Crippen LogP contribution in [0.5, 0.6) is 0 Å². The summed E-state index contributed by atoms with van der Waals surface area (Å²) < 4.78 is 76.4. The van der Waals surface area contributed by atoms with Gasteiger partial charge in [-0.25, -0.2) is 16.8 Å². The van der Waals surface area contributed by atoms with Crippen molar-refractivity contribution in [1.29, 1.82) is 0 Å². The average molecular weight is 683 g/mol. The van der Waals surface area contributed by atoms with E-state index in [1.807, 2.05) is 42.7 Å². The van der Waals surface area contributed by atoms with Crippen molar-refractivity contribution in [3.8, 4) is 0 Å². The largest absolute Gasteiger partial charge is 1.00 e. The smallest absolute Gasteiger partial charge is 0.748 e. The number of anilines is 1. The molecule has 0 N–H and O–H groups in total. The molecule has 0 radical (unpaired) electrons. The maximum Gasteiger partial charge on any atom is 1.00 e. The van der Waals surface area contributed by atoms with E-state index in [0.29, 0.717) is 31.2 Å². The van der Waals surface area contributed by atoms with Crippen molar-refractivity contribution in [1.82, 2.24) is 0 Å². The Balaban J connectivity index is 0.00000442. The number of allylic oxidation sites excluding steroid dienone is 7. The number of aromatic nitrogens is 1. The Kier molecular flexibility index (Phi) is 11.9. The Morgan fingerprint density at radius 3 is 2.41 bits per heavy atom. The predicted molar refractivity (Wildman–Crippen MR) is 166 cm³/mol. The van der Waals surface area contributed by atoms with Crippen LogP contribution >= 0.6 is 11.8 Å². The SMILES string of the molecule is CCC(=Cc1oc2c([n+]1CCCS(=O)(=O)[O-])C1C=CC=CC1C=C2)C=C1Sc2cc(C)c(C)cc2N1CCCS(=O)(=O)[O-].[K+]. The second kappa shape index (κ2) is 14.7. The molecule has 13 heteroatoms. The first-order chi connectivity index (χ1) is 20.3. The van der Waals surface area contributed by atoms with Gasteiger partial charge in [0.25, 0.3) is 0 Å². The van der Waals surface area contributed by atoms with E-state index in [0.717, 1.165) is 38.0 Å². The van der Waals surface area contributed by atoms with E-state index in [1.54, 1.807) is 11.8 Å². The third-order valence-electron chi connectivity index (χ3n) is 7.91. The summed E-state index contributed by atoms with van der Waals surface area (Å²) in [5, 5.41) is 0.914.